The van der Waals surface area contributed by atoms with Gasteiger partial charge in [-0.15, -0.1) is 0 Å². The van der Waals surface area contributed by atoms with Gasteiger partial charge < -0.3 is 130 Å². The van der Waals surface area contributed by atoms with Gasteiger partial charge in [-0.3, -0.25) is 9.59 Å². The maximum absolute atomic E-state index is 12.4. The maximum atomic E-state index is 12.4. The highest BCUT2D eigenvalue weighted by molar-refractivity contribution is 5.73. The van der Waals surface area contributed by atoms with Crippen LogP contribution in [0, 0.1) is 0 Å². The van der Waals surface area contributed by atoms with Crippen LogP contribution in [-0.4, -0.2) is 275 Å². The third kappa shape index (κ3) is 11.0. The molecule has 5 aliphatic rings. The summed E-state index contributed by atoms with van der Waals surface area (Å²) >= 11 is 0. The first-order chi connectivity index (χ1) is 29.3. The standard InChI is InChI=1S/C34H58N2O26/c1-8(41)35-15-20(46)17(43)10(3-37)56-31(15)54-7-14-18(44)22(48)25(51)33(59-14)60-27-13(6-40)58-32(16(21(27)47)36-9(2)42)62-29-19(45)11(4-38)57-34(26(29)52)61-28-12(5-39)55-30(53)24(50)23(28)49/h10-34,37-40,43-53H,3-7H2,1-2H3,(H,35,41)(H,36,42)/t10-,11-,12-,13-,14-,15-,16-,17-,18+,19+,20-,21-,22+,23-,24-,25-,26-,27-,28-,29+,30-,31-,32+,33+,34+/m1/s1. The molecule has 0 aromatic carbocycles. The van der Waals surface area contributed by atoms with Gasteiger partial charge in [0, 0.05) is 13.8 Å². The van der Waals surface area contributed by atoms with Crippen molar-refractivity contribution in [2.75, 3.05) is 33.0 Å². The number of carbonyl (C=O) groups is 2. The molecule has 0 bridgehead atoms. The number of aliphatic hydroxyl groups is 15. The average molecular weight is 911 g/mol. The molecular weight excluding hydrogens is 852 g/mol. The van der Waals surface area contributed by atoms with Crippen LogP contribution in [0.15, 0.2) is 0 Å². The molecule has 28 heteroatoms. The van der Waals surface area contributed by atoms with Crippen molar-refractivity contribution in [1.29, 1.82) is 0 Å². The lowest BCUT2D eigenvalue weighted by atomic mass is 9.94. The van der Waals surface area contributed by atoms with Gasteiger partial charge in [0.25, 0.3) is 0 Å². The summed E-state index contributed by atoms with van der Waals surface area (Å²) in [5, 5.41) is 162. The zero-order chi connectivity index (χ0) is 45.9. The molecule has 62 heavy (non-hydrogen) atoms. The summed E-state index contributed by atoms with van der Waals surface area (Å²) in [6.07, 6.45) is -41.7. The van der Waals surface area contributed by atoms with Crippen LogP contribution in [0.3, 0.4) is 0 Å². The summed E-state index contributed by atoms with van der Waals surface area (Å²) in [6.45, 7) is -2.19. The number of rotatable bonds is 15. The molecule has 5 fully saturated rings. The van der Waals surface area contributed by atoms with E-state index in [0.717, 1.165) is 13.8 Å². The van der Waals surface area contributed by atoms with Crippen molar-refractivity contribution in [3.8, 4) is 0 Å². The second-order valence-electron chi connectivity index (χ2n) is 15.5. The van der Waals surface area contributed by atoms with E-state index in [2.05, 4.69) is 10.6 Å². The molecule has 360 valence electrons. The van der Waals surface area contributed by atoms with Crippen molar-refractivity contribution in [2.24, 2.45) is 0 Å². The van der Waals surface area contributed by atoms with Crippen LogP contribution in [0.2, 0.25) is 0 Å². The molecule has 25 atom stereocenters. The van der Waals surface area contributed by atoms with Gasteiger partial charge in [-0.25, -0.2) is 0 Å². The highest BCUT2D eigenvalue weighted by Crippen LogP contribution is 2.35. The zero-order valence-electron chi connectivity index (χ0n) is 33.2. The second-order valence-corrected chi connectivity index (χ2v) is 15.5. The largest absolute Gasteiger partial charge is 0.394 e. The fourth-order valence-corrected chi connectivity index (χ4v) is 7.73. The van der Waals surface area contributed by atoms with Gasteiger partial charge in [0.2, 0.25) is 11.8 Å². The molecule has 0 radical (unpaired) electrons. The van der Waals surface area contributed by atoms with Crippen molar-refractivity contribution in [2.45, 2.75) is 167 Å². The Morgan fingerprint density at radius 3 is 1.42 bits per heavy atom. The molecule has 17 N–H and O–H groups in total. The third-order valence-corrected chi connectivity index (χ3v) is 11.1. The molecule has 0 aromatic heterocycles. The Morgan fingerprint density at radius 1 is 0.419 bits per heavy atom. The van der Waals surface area contributed by atoms with E-state index in [1.54, 1.807) is 0 Å². The SMILES string of the molecule is CC(=O)N[C@H]1[C@H](O[C@H]2[C@@H](O)[C@@H](CO)O[C@@H](O[C@H]3[C@H](O)[C@@H](O)[C@H](O)O[C@@H]3CO)[C@@H]2O)O[C@H](CO)[C@@H](O[C@@H]2O[C@H](CO[C@@H]3O[C@H](CO)[C@@H](O)[C@H](O)[C@H]3NC(C)=O)[C@H](O)[C@H](O)[C@H]2O)[C@@H]1O. The number of hydrogen-bond acceptors (Lipinski definition) is 26. The summed E-state index contributed by atoms with van der Waals surface area (Å²) in [5.41, 5.74) is 0. The fraction of sp³-hybridized carbons (Fsp3) is 0.941. The average Bonchev–Trinajstić information content (AvgIpc) is 3.23. The predicted molar refractivity (Wildman–Crippen MR) is 190 cm³/mol. The van der Waals surface area contributed by atoms with E-state index in [9.17, 15) is 86.2 Å². The Kier molecular flexibility index (Phi) is 18.1. The Hall–Kier alpha value is -2.02. The van der Waals surface area contributed by atoms with Gasteiger partial charge >= 0.3 is 0 Å². The van der Waals surface area contributed by atoms with Crippen molar-refractivity contribution in [3.63, 3.8) is 0 Å². The fourth-order valence-electron chi connectivity index (χ4n) is 7.73. The molecule has 5 rings (SSSR count). The highest BCUT2D eigenvalue weighted by atomic mass is 16.8. The number of ether oxygens (including phenoxy) is 9. The van der Waals surface area contributed by atoms with Crippen molar-refractivity contribution < 1.29 is 129 Å². The van der Waals surface area contributed by atoms with Crippen molar-refractivity contribution in [3.05, 3.63) is 0 Å². The number of carbonyl (C=O) groups excluding carboxylic acids is 2. The number of nitrogens with one attached hydrogen (secondary N) is 2. The highest BCUT2D eigenvalue weighted by Gasteiger charge is 2.56. The lowest BCUT2D eigenvalue weighted by Crippen LogP contribution is -2.70. The summed E-state index contributed by atoms with van der Waals surface area (Å²) in [4.78, 5) is 24.2. The molecule has 5 heterocycles. The van der Waals surface area contributed by atoms with E-state index >= 15 is 0 Å². The minimum Gasteiger partial charge on any atom is -0.394 e. The summed E-state index contributed by atoms with van der Waals surface area (Å²) in [6, 6.07) is -3.13. The van der Waals surface area contributed by atoms with Gasteiger partial charge in [-0.2, -0.15) is 0 Å². The molecular formula is C34H58N2O26. The van der Waals surface area contributed by atoms with E-state index in [1.807, 2.05) is 0 Å². The van der Waals surface area contributed by atoms with Gasteiger partial charge in [-0.1, -0.05) is 0 Å². The number of hydrogen-bond donors (Lipinski definition) is 17. The first kappa shape index (κ1) is 51.0. The minimum atomic E-state index is -2.09. The van der Waals surface area contributed by atoms with Gasteiger partial charge in [0.05, 0.1) is 33.0 Å². The molecule has 0 unspecified atom stereocenters. The van der Waals surface area contributed by atoms with Crippen LogP contribution in [0.4, 0.5) is 0 Å². The van der Waals surface area contributed by atoms with E-state index < -0.39 is 198 Å². The van der Waals surface area contributed by atoms with Crippen LogP contribution >= 0.6 is 0 Å². The zero-order valence-corrected chi connectivity index (χ0v) is 33.2. The smallest absolute Gasteiger partial charge is 0.217 e. The molecule has 0 aliphatic carbocycles. The van der Waals surface area contributed by atoms with Gasteiger partial charge in [0.15, 0.2) is 31.5 Å². The maximum Gasteiger partial charge on any atom is 0.217 e. The van der Waals surface area contributed by atoms with Gasteiger partial charge in [0.1, 0.15) is 122 Å². The van der Waals surface area contributed by atoms with E-state index in [4.69, 9.17) is 42.6 Å². The second kappa shape index (κ2) is 22.0. The quantitative estimate of drug-likeness (QED) is 0.0725. The minimum absolute atomic E-state index is 0.668. The number of amides is 2. The Balaban J connectivity index is 1.32. The summed E-state index contributed by atoms with van der Waals surface area (Å²) in [5.74, 6) is -1.48. The van der Waals surface area contributed by atoms with Crippen LogP contribution in [-0.2, 0) is 52.2 Å². The Labute approximate surface area is 351 Å². The molecule has 28 nitrogen and oxygen atoms in total. The predicted octanol–water partition coefficient (Wildman–Crippen LogP) is -11.6. The molecule has 5 saturated heterocycles. The monoisotopic (exact) mass is 910 g/mol. The van der Waals surface area contributed by atoms with E-state index in [1.165, 1.54) is 0 Å². The molecule has 0 aromatic rings. The number of aliphatic hydroxyl groups excluding tert-OH is 15. The van der Waals surface area contributed by atoms with Crippen molar-refractivity contribution >= 4 is 11.8 Å². The van der Waals surface area contributed by atoms with E-state index in [-0.39, 0.29) is 0 Å². The lowest BCUT2D eigenvalue weighted by Gasteiger charge is -2.50. The first-order valence-corrected chi connectivity index (χ1v) is 19.6. The molecule has 5 aliphatic heterocycles. The van der Waals surface area contributed by atoms with Crippen LogP contribution in [0.1, 0.15) is 13.8 Å². The normalized spacial score (nSPS) is 49.0. The van der Waals surface area contributed by atoms with Crippen molar-refractivity contribution in [1.82, 2.24) is 10.6 Å². The summed E-state index contributed by atoms with van der Waals surface area (Å²) < 4.78 is 50.5. The van der Waals surface area contributed by atoms with Crippen LogP contribution in [0.25, 0.3) is 0 Å². The molecule has 0 saturated carbocycles. The Morgan fingerprint density at radius 2 is 0.855 bits per heavy atom. The molecule has 2 amide bonds. The summed E-state index contributed by atoms with van der Waals surface area (Å²) in [7, 11) is 0. The van der Waals surface area contributed by atoms with E-state index in [0.29, 0.717) is 0 Å². The first-order valence-electron chi connectivity index (χ1n) is 19.6. The van der Waals surface area contributed by atoms with Gasteiger partial charge in [-0.05, 0) is 0 Å². The topological polar surface area (TPSA) is 445 Å². The van der Waals surface area contributed by atoms with Crippen LogP contribution in [0.5, 0.6) is 0 Å². The lowest BCUT2D eigenvalue weighted by molar-refractivity contribution is -0.380. The Bertz CT molecular complexity index is 1440. The third-order valence-electron chi connectivity index (χ3n) is 11.1. The molecule has 0 spiro atoms. The van der Waals surface area contributed by atoms with Crippen LogP contribution < -0.4 is 10.6 Å².